The van der Waals surface area contributed by atoms with Crippen LogP contribution >= 0.6 is 0 Å². The molecule has 0 unspecified atom stereocenters. The molecule has 0 saturated carbocycles. The van der Waals surface area contributed by atoms with Gasteiger partial charge in [0.1, 0.15) is 0 Å². The van der Waals surface area contributed by atoms with Crippen molar-refractivity contribution in [2.24, 2.45) is 5.73 Å². The predicted octanol–water partition coefficient (Wildman–Crippen LogP) is 3.83. The third-order valence-corrected chi connectivity index (χ3v) is 6.04. The third-order valence-electron chi connectivity index (χ3n) is 6.04. The number of fused-ring (bicyclic) bond motifs is 1. The normalized spacial score (nSPS) is 17.0. The van der Waals surface area contributed by atoms with Crippen molar-refractivity contribution in [2.45, 2.75) is 25.8 Å². The minimum atomic E-state index is 0.312. The van der Waals surface area contributed by atoms with Crippen LogP contribution in [0.1, 0.15) is 18.5 Å². The summed E-state index contributed by atoms with van der Waals surface area (Å²) in [5.74, 6) is 0. The van der Waals surface area contributed by atoms with Crippen molar-refractivity contribution < 1.29 is 0 Å². The molecule has 1 fully saturated rings. The number of H-pyrrole nitrogens is 1. The van der Waals surface area contributed by atoms with Crippen LogP contribution in [0.5, 0.6) is 0 Å². The summed E-state index contributed by atoms with van der Waals surface area (Å²) in [6.45, 7) is 5.99. The summed E-state index contributed by atoms with van der Waals surface area (Å²) in [5, 5.41) is 4.60. The number of nitrogens with zero attached hydrogens (tertiary/aromatic N) is 4. The Bertz CT molecular complexity index is 1220. The van der Waals surface area contributed by atoms with E-state index in [2.05, 4.69) is 48.4 Å². The first-order valence-electron chi connectivity index (χ1n) is 11.2. The molecule has 4 heterocycles. The molecule has 3 aromatic heterocycles. The van der Waals surface area contributed by atoms with Crippen LogP contribution in [-0.4, -0.2) is 57.1 Å². The average molecular weight is 428 g/mol. The largest absolute Gasteiger partial charge is 0.382 e. The molecule has 1 aliphatic heterocycles. The lowest BCUT2D eigenvalue weighted by Crippen LogP contribution is -2.44. The molecule has 1 aromatic carbocycles. The van der Waals surface area contributed by atoms with Gasteiger partial charge in [-0.15, -0.1) is 0 Å². The number of nitrogens with one attached hydrogen (secondary N) is 2. The number of imidazole rings is 1. The van der Waals surface area contributed by atoms with E-state index in [9.17, 15) is 0 Å². The monoisotopic (exact) mass is 427 g/mol. The summed E-state index contributed by atoms with van der Waals surface area (Å²) >= 11 is 0. The molecular formula is C25H29N7. The first-order chi connectivity index (χ1) is 15.7. The molecule has 0 radical (unpaired) electrons. The van der Waals surface area contributed by atoms with Gasteiger partial charge in [0.15, 0.2) is 0 Å². The Kier molecular flexibility index (Phi) is 5.83. The molecule has 1 aliphatic rings. The smallest absolute Gasteiger partial charge is 0.0977 e. The van der Waals surface area contributed by atoms with Crippen LogP contribution in [0.4, 0.5) is 5.69 Å². The van der Waals surface area contributed by atoms with Gasteiger partial charge in [-0.25, -0.2) is 4.98 Å². The van der Waals surface area contributed by atoms with E-state index in [0.29, 0.717) is 6.04 Å². The van der Waals surface area contributed by atoms with Gasteiger partial charge in [0.2, 0.25) is 0 Å². The number of hydrogen-bond donors (Lipinski definition) is 3. The maximum Gasteiger partial charge on any atom is 0.0977 e. The Labute approximate surface area is 188 Å². The Hall–Kier alpha value is -3.29. The number of hydrogen-bond acceptors (Lipinski definition) is 6. The molecule has 0 aliphatic carbocycles. The molecule has 1 saturated heterocycles. The Morgan fingerprint density at radius 1 is 1.19 bits per heavy atom. The summed E-state index contributed by atoms with van der Waals surface area (Å²) in [6, 6.07) is 14.7. The third kappa shape index (κ3) is 4.49. The Morgan fingerprint density at radius 3 is 3.00 bits per heavy atom. The van der Waals surface area contributed by atoms with Gasteiger partial charge in [0, 0.05) is 42.3 Å². The Balaban J connectivity index is 1.35. The van der Waals surface area contributed by atoms with Crippen molar-refractivity contribution in [3.05, 3.63) is 60.7 Å². The molecule has 0 bridgehead atoms. The van der Waals surface area contributed by atoms with Gasteiger partial charge in [0.05, 0.1) is 40.8 Å². The number of rotatable bonds is 6. The van der Waals surface area contributed by atoms with Crippen LogP contribution in [-0.2, 0) is 0 Å². The lowest BCUT2D eigenvalue weighted by Gasteiger charge is -2.30. The van der Waals surface area contributed by atoms with Crippen LogP contribution in [0.2, 0.25) is 0 Å². The van der Waals surface area contributed by atoms with E-state index in [1.807, 2.05) is 37.4 Å². The number of piperidine rings is 1. The lowest BCUT2D eigenvalue weighted by atomic mass is 10.0. The van der Waals surface area contributed by atoms with Crippen molar-refractivity contribution in [1.82, 2.24) is 24.8 Å². The highest BCUT2D eigenvalue weighted by Gasteiger charge is 2.16. The molecule has 32 heavy (non-hydrogen) atoms. The first kappa shape index (κ1) is 20.6. The molecule has 0 spiro atoms. The van der Waals surface area contributed by atoms with Gasteiger partial charge in [-0.3, -0.25) is 9.97 Å². The number of aromatic amines is 1. The molecule has 7 nitrogen and oxygen atoms in total. The molecule has 0 amide bonds. The van der Waals surface area contributed by atoms with Crippen molar-refractivity contribution in [1.29, 1.82) is 0 Å². The predicted molar refractivity (Wildman–Crippen MR) is 129 cm³/mol. The van der Waals surface area contributed by atoms with Crippen LogP contribution in [0.15, 0.2) is 55.0 Å². The second-order valence-corrected chi connectivity index (χ2v) is 8.55. The zero-order chi connectivity index (χ0) is 21.9. The number of nitrogens with two attached hydrogens (primary N) is 1. The van der Waals surface area contributed by atoms with Crippen LogP contribution in [0.25, 0.3) is 33.5 Å². The molecule has 5 rings (SSSR count). The second kappa shape index (κ2) is 9.06. The van der Waals surface area contributed by atoms with Crippen LogP contribution < -0.4 is 11.1 Å². The number of pyridine rings is 2. The maximum atomic E-state index is 6.10. The molecule has 4 aromatic rings. The standard InChI is InChI=1S/C25H29N7/c1-17-4-2-6-23(31-17)25-24(29-16-30-25)18-7-8-22-19(12-18)13-21(14-28-22)27-9-11-32-10-3-5-20(26)15-32/h2,4,6-8,12-14,16,20,27H,3,5,9-11,15,26H2,1H3,(H,29,30)/t20-/m1/s1. The van der Waals surface area contributed by atoms with Crippen molar-refractivity contribution in [3.63, 3.8) is 0 Å². The molecule has 164 valence electrons. The van der Waals surface area contributed by atoms with Gasteiger partial charge >= 0.3 is 0 Å². The van der Waals surface area contributed by atoms with Crippen LogP contribution in [0.3, 0.4) is 0 Å². The topological polar surface area (TPSA) is 95.8 Å². The van der Waals surface area contributed by atoms with Gasteiger partial charge < -0.3 is 20.9 Å². The van der Waals surface area contributed by atoms with E-state index >= 15 is 0 Å². The fourth-order valence-corrected chi connectivity index (χ4v) is 4.42. The lowest BCUT2D eigenvalue weighted by molar-refractivity contribution is 0.216. The highest BCUT2D eigenvalue weighted by atomic mass is 15.2. The maximum absolute atomic E-state index is 6.10. The zero-order valence-electron chi connectivity index (χ0n) is 18.4. The molecular weight excluding hydrogens is 398 g/mol. The van der Waals surface area contributed by atoms with Gasteiger partial charge in [0.25, 0.3) is 0 Å². The minimum absolute atomic E-state index is 0.312. The number of aromatic nitrogens is 4. The van der Waals surface area contributed by atoms with E-state index in [4.69, 9.17) is 5.73 Å². The summed E-state index contributed by atoms with van der Waals surface area (Å²) < 4.78 is 0. The van der Waals surface area contributed by atoms with E-state index in [-0.39, 0.29) is 0 Å². The highest BCUT2D eigenvalue weighted by Crippen LogP contribution is 2.30. The van der Waals surface area contributed by atoms with Crippen molar-refractivity contribution in [3.8, 4) is 22.6 Å². The van der Waals surface area contributed by atoms with E-state index in [1.54, 1.807) is 6.33 Å². The van der Waals surface area contributed by atoms with Crippen molar-refractivity contribution in [2.75, 3.05) is 31.5 Å². The highest BCUT2D eigenvalue weighted by molar-refractivity contribution is 5.88. The van der Waals surface area contributed by atoms with Crippen LogP contribution in [0, 0.1) is 6.92 Å². The van der Waals surface area contributed by atoms with E-state index in [1.165, 1.54) is 6.42 Å². The van der Waals surface area contributed by atoms with E-state index in [0.717, 1.165) is 77.5 Å². The fraction of sp³-hybridized carbons (Fsp3) is 0.320. The summed E-state index contributed by atoms with van der Waals surface area (Å²) in [4.78, 5) is 19.6. The second-order valence-electron chi connectivity index (χ2n) is 8.55. The number of aryl methyl sites for hydroxylation is 1. The summed E-state index contributed by atoms with van der Waals surface area (Å²) in [7, 11) is 0. The minimum Gasteiger partial charge on any atom is -0.382 e. The van der Waals surface area contributed by atoms with Crippen molar-refractivity contribution >= 4 is 16.6 Å². The van der Waals surface area contributed by atoms with Gasteiger partial charge in [-0.05, 0) is 56.6 Å². The number of likely N-dealkylation sites (tertiary alicyclic amines) is 1. The molecule has 1 atom stereocenters. The summed E-state index contributed by atoms with van der Waals surface area (Å²) in [5.41, 5.74) is 12.8. The van der Waals surface area contributed by atoms with E-state index < -0.39 is 0 Å². The van der Waals surface area contributed by atoms with Gasteiger partial charge in [-0.1, -0.05) is 12.1 Å². The number of benzene rings is 1. The zero-order valence-corrected chi connectivity index (χ0v) is 18.4. The quantitative estimate of drug-likeness (QED) is 0.433. The Morgan fingerprint density at radius 2 is 2.12 bits per heavy atom. The number of anilines is 1. The summed E-state index contributed by atoms with van der Waals surface area (Å²) in [6.07, 6.45) is 5.95. The average Bonchev–Trinajstić information content (AvgIpc) is 3.29. The first-order valence-corrected chi connectivity index (χ1v) is 11.2. The molecule has 7 heteroatoms. The molecule has 4 N–H and O–H groups in total. The van der Waals surface area contributed by atoms with Gasteiger partial charge in [-0.2, -0.15) is 0 Å². The fourth-order valence-electron chi connectivity index (χ4n) is 4.42. The SMILES string of the molecule is Cc1cccc(-c2[nH]cnc2-c2ccc3ncc(NCCN4CCC[C@@H](N)C4)cc3c2)n1.